The average Bonchev–Trinajstić information content (AvgIpc) is 3.11. The minimum Gasteiger partial charge on any atom is -0.461 e. The lowest BCUT2D eigenvalue weighted by Gasteiger charge is -2.12. The summed E-state index contributed by atoms with van der Waals surface area (Å²) in [5, 5.41) is 9.25. The van der Waals surface area contributed by atoms with Gasteiger partial charge in [0.1, 0.15) is 13.5 Å². The number of H-pyrrole nitrogens is 1. The van der Waals surface area contributed by atoms with Crippen LogP contribution in [0.15, 0.2) is 30.3 Å². The Hall–Kier alpha value is -2.87. The van der Waals surface area contributed by atoms with E-state index in [2.05, 4.69) is 4.98 Å². The summed E-state index contributed by atoms with van der Waals surface area (Å²) in [5.41, 5.74) is 2.49. The fraction of sp³-hybridized carbons (Fsp3) is 0.182. The standard InChI is InChI=1S/C22H19ClFN2O3P/c1-4-29-22(27)20-21(18-16(26-20)8-7-15(23)19(18)24)30(28)17-11-12(2)10-14(13(17)3)6-5-9-25/h5-8,10-11,26,30H,4H2,1-3H3. The SMILES string of the molecule is CCOC(=O)c1[nH]c2ccc(Cl)c(F)c2c1[PH](=O)c1cc(C)cc(C=CC#N)c1C. The Bertz CT molecular complexity index is 1260. The van der Waals surface area contributed by atoms with Crippen molar-refractivity contribution in [2.24, 2.45) is 0 Å². The normalized spacial score (nSPS) is 12.3. The summed E-state index contributed by atoms with van der Waals surface area (Å²) in [6.07, 6.45) is 2.96. The van der Waals surface area contributed by atoms with Gasteiger partial charge in [0.15, 0.2) is 5.82 Å². The summed E-state index contributed by atoms with van der Waals surface area (Å²) in [4.78, 5) is 15.4. The van der Waals surface area contributed by atoms with E-state index in [1.165, 1.54) is 18.2 Å². The minimum absolute atomic E-state index is 0.0180. The number of fused-ring (bicyclic) bond motifs is 1. The Morgan fingerprint density at radius 2 is 2.10 bits per heavy atom. The number of ether oxygens (including phenoxy) is 1. The minimum atomic E-state index is -2.85. The van der Waals surface area contributed by atoms with E-state index in [1.54, 1.807) is 26.0 Å². The molecular weight excluding hydrogens is 426 g/mol. The monoisotopic (exact) mass is 444 g/mol. The molecule has 0 fully saturated rings. The van der Waals surface area contributed by atoms with E-state index in [-0.39, 0.29) is 28.0 Å². The van der Waals surface area contributed by atoms with Crippen LogP contribution in [-0.2, 0) is 9.30 Å². The van der Waals surface area contributed by atoms with Crippen molar-refractivity contribution in [2.45, 2.75) is 20.8 Å². The van der Waals surface area contributed by atoms with Crippen molar-refractivity contribution >= 4 is 53.0 Å². The zero-order valence-corrected chi connectivity index (χ0v) is 18.4. The number of carbonyl (C=O) groups excluding carboxylic acids is 1. The summed E-state index contributed by atoms with van der Waals surface area (Å²) >= 11 is 5.96. The lowest BCUT2D eigenvalue weighted by Crippen LogP contribution is -2.19. The van der Waals surface area contributed by atoms with E-state index in [4.69, 9.17) is 21.6 Å². The average molecular weight is 445 g/mol. The van der Waals surface area contributed by atoms with Crippen LogP contribution in [0.1, 0.15) is 34.1 Å². The first-order chi connectivity index (χ1) is 14.3. The van der Waals surface area contributed by atoms with Gasteiger partial charge in [0, 0.05) is 22.3 Å². The first-order valence-corrected chi connectivity index (χ1v) is 11.0. The summed E-state index contributed by atoms with van der Waals surface area (Å²) in [6.45, 7) is 5.38. The molecule has 0 aliphatic carbocycles. The number of rotatable bonds is 5. The van der Waals surface area contributed by atoms with Gasteiger partial charge >= 0.3 is 5.97 Å². The van der Waals surface area contributed by atoms with E-state index < -0.39 is 19.6 Å². The second kappa shape index (κ2) is 8.87. The van der Waals surface area contributed by atoms with Gasteiger partial charge in [0.05, 0.1) is 23.0 Å². The van der Waals surface area contributed by atoms with Crippen LogP contribution in [0.5, 0.6) is 0 Å². The number of nitrogens with one attached hydrogen (secondary N) is 1. The quantitative estimate of drug-likeness (QED) is 0.348. The molecule has 3 rings (SSSR count). The van der Waals surface area contributed by atoms with Crippen LogP contribution in [0, 0.1) is 31.0 Å². The smallest absolute Gasteiger partial charge is 0.355 e. The Balaban J connectivity index is 2.32. The van der Waals surface area contributed by atoms with Crippen LogP contribution in [0.25, 0.3) is 17.0 Å². The van der Waals surface area contributed by atoms with Crippen LogP contribution in [0.3, 0.4) is 0 Å². The van der Waals surface area contributed by atoms with Crippen molar-refractivity contribution in [3.63, 3.8) is 0 Å². The van der Waals surface area contributed by atoms with Gasteiger partial charge < -0.3 is 14.3 Å². The van der Waals surface area contributed by atoms with Gasteiger partial charge in [-0.25, -0.2) is 9.18 Å². The highest BCUT2D eigenvalue weighted by atomic mass is 35.5. The third-order valence-electron chi connectivity index (χ3n) is 4.74. The van der Waals surface area contributed by atoms with E-state index in [0.717, 1.165) is 11.1 Å². The maximum absolute atomic E-state index is 14.9. The second-order valence-electron chi connectivity index (χ2n) is 6.70. The van der Waals surface area contributed by atoms with E-state index >= 15 is 0 Å². The summed E-state index contributed by atoms with van der Waals surface area (Å²) in [6, 6.07) is 8.45. The van der Waals surface area contributed by atoms with Crippen LogP contribution >= 0.6 is 19.4 Å². The second-order valence-corrected chi connectivity index (χ2v) is 8.80. The number of hydrogen-bond acceptors (Lipinski definition) is 4. The molecule has 0 saturated carbocycles. The number of aryl methyl sites for hydroxylation is 1. The topological polar surface area (TPSA) is 83.0 Å². The molecule has 0 radical (unpaired) electrons. The Morgan fingerprint density at radius 3 is 2.77 bits per heavy atom. The molecule has 0 saturated heterocycles. The predicted molar refractivity (Wildman–Crippen MR) is 118 cm³/mol. The Kier molecular flexibility index (Phi) is 6.45. The van der Waals surface area contributed by atoms with Gasteiger partial charge in [-0.3, -0.25) is 0 Å². The molecule has 0 aliphatic rings. The third-order valence-corrected chi connectivity index (χ3v) is 6.99. The van der Waals surface area contributed by atoms with Crippen molar-refractivity contribution in [1.29, 1.82) is 5.26 Å². The Morgan fingerprint density at radius 1 is 1.37 bits per heavy atom. The van der Waals surface area contributed by atoms with Crippen LogP contribution in [-0.4, -0.2) is 17.6 Å². The number of allylic oxidation sites excluding steroid dienone is 1. The molecule has 0 spiro atoms. The summed E-state index contributed by atoms with van der Waals surface area (Å²) in [5.74, 6) is -1.46. The maximum Gasteiger partial charge on any atom is 0.355 e. The fourth-order valence-electron chi connectivity index (χ4n) is 3.36. The van der Waals surface area contributed by atoms with E-state index in [0.29, 0.717) is 16.4 Å². The third kappa shape index (κ3) is 3.92. The molecular formula is C22H19ClFN2O3P. The summed E-state index contributed by atoms with van der Waals surface area (Å²) in [7, 11) is -2.85. The highest BCUT2D eigenvalue weighted by Crippen LogP contribution is 2.34. The van der Waals surface area contributed by atoms with E-state index in [1.807, 2.05) is 19.1 Å². The molecule has 1 unspecified atom stereocenters. The molecule has 1 heterocycles. The van der Waals surface area contributed by atoms with E-state index in [9.17, 15) is 13.8 Å². The number of carbonyl (C=O) groups is 1. The van der Waals surface area contributed by atoms with Crippen LogP contribution in [0.2, 0.25) is 5.02 Å². The molecule has 154 valence electrons. The van der Waals surface area contributed by atoms with Crippen LogP contribution < -0.4 is 10.6 Å². The highest BCUT2D eigenvalue weighted by molar-refractivity contribution is 7.62. The number of aromatic amines is 1. The van der Waals surface area contributed by atoms with Gasteiger partial charge in [-0.05, 0) is 61.7 Å². The number of benzene rings is 2. The maximum atomic E-state index is 14.9. The zero-order chi connectivity index (χ0) is 22.0. The van der Waals surface area contributed by atoms with Gasteiger partial charge in [0.2, 0.25) is 0 Å². The molecule has 30 heavy (non-hydrogen) atoms. The van der Waals surface area contributed by atoms with Crippen molar-refractivity contribution < 1.29 is 18.5 Å². The highest BCUT2D eigenvalue weighted by Gasteiger charge is 2.28. The zero-order valence-electron chi connectivity index (χ0n) is 16.6. The predicted octanol–water partition coefficient (Wildman–Crippen LogP) is 4.80. The molecule has 0 bridgehead atoms. The number of esters is 1. The molecule has 1 aromatic heterocycles. The molecule has 0 amide bonds. The first-order valence-electron chi connectivity index (χ1n) is 9.19. The van der Waals surface area contributed by atoms with Crippen molar-refractivity contribution in [2.75, 3.05) is 6.61 Å². The van der Waals surface area contributed by atoms with Gasteiger partial charge in [-0.15, -0.1) is 0 Å². The van der Waals surface area contributed by atoms with Crippen molar-refractivity contribution in [3.8, 4) is 6.07 Å². The van der Waals surface area contributed by atoms with Crippen molar-refractivity contribution in [1.82, 2.24) is 4.98 Å². The molecule has 8 heteroatoms. The lowest BCUT2D eigenvalue weighted by molar-refractivity contribution is 0.0522. The number of nitriles is 1. The lowest BCUT2D eigenvalue weighted by atomic mass is 10.1. The fourth-order valence-corrected chi connectivity index (χ4v) is 5.50. The first kappa shape index (κ1) is 21.8. The van der Waals surface area contributed by atoms with Gasteiger partial charge in [-0.2, -0.15) is 5.26 Å². The molecule has 2 aromatic carbocycles. The van der Waals surface area contributed by atoms with Crippen LogP contribution in [0.4, 0.5) is 4.39 Å². The largest absolute Gasteiger partial charge is 0.461 e. The number of nitrogens with zero attached hydrogens (tertiary/aromatic N) is 1. The number of hydrogen-bond donors (Lipinski definition) is 1. The van der Waals surface area contributed by atoms with Gasteiger partial charge in [0.25, 0.3) is 0 Å². The molecule has 3 aromatic rings. The van der Waals surface area contributed by atoms with Crippen molar-refractivity contribution in [3.05, 3.63) is 63.6 Å². The van der Waals surface area contributed by atoms with Gasteiger partial charge in [-0.1, -0.05) is 17.7 Å². The molecule has 0 aliphatic heterocycles. The molecule has 1 atom stereocenters. The molecule has 5 nitrogen and oxygen atoms in total. The molecule has 1 N–H and O–H groups in total. The number of aromatic nitrogens is 1. The summed E-state index contributed by atoms with van der Waals surface area (Å²) < 4.78 is 33.8. The Labute approximate surface area is 178 Å². The number of halogens is 2.